The van der Waals surface area contributed by atoms with Gasteiger partial charge in [-0.2, -0.15) is 0 Å². The van der Waals surface area contributed by atoms with E-state index in [2.05, 4.69) is 0 Å². The average molecular weight is 360 g/mol. The van der Waals surface area contributed by atoms with Crippen LogP contribution in [0.25, 0.3) is 0 Å². The fourth-order valence-electron chi connectivity index (χ4n) is 1.43. The summed E-state index contributed by atoms with van der Waals surface area (Å²) in [6, 6.07) is 0. The first-order chi connectivity index (χ1) is 9.34. The van der Waals surface area contributed by atoms with Crippen LogP contribution in [0, 0.1) is 0 Å². The summed E-state index contributed by atoms with van der Waals surface area (Å²) in [6.07, 6.45) is -0.177. The van der Waals surface area contributed by atoms with Gasteiger partial charge in [0.15, 0.2) is 0 Å². The molecule has 0 bridgehead atoms. The van der Waals surface area contributed by atoms with Crippen molar-refractivity contribution >= 4 is 58.3 Å². The Morgan fingerprint density at radius 3 is 2.05 bits per heavy atom. The zero-order valence-corrected chi connectivity index (χ0v) is 12.6. The summed E-state index contributed by atoms with van der Waals surface area (Å²) in [6.45, 7) is 0.473. The van der Waals surface area contributed by atoms with Gasteiger partial charge in [-0.3, -0.25) is 0 Å². The smallest absolute Gasteiger partial charge is 0.340 e. The van der Waals surface area contributed by atoms with Crippen LogP contribution < -0.4 is 0 Å². The number of carbonyl (C=O) groups is 2. The largest absolute Gasteiger partial charge is 0.478 e. The Morgan fingerprint density at radius 1 is 1.10 bits per heavy atom. The number of carbonyl (C=O) groups excluding carboxylic acids is 1. The van der Waals surface area contributed by atoms with Gasteiger partial charge in [0, 0.05) is 0 Å². The van der Waals surface area contributed by atoms with Crippen LogP contribution in [-0.2, 0) is 9.47 Å². The van der Waals surface area contributed by atoms with Gasteiger partial charge in [0.05, 0.1) is 37.8 Å². The highest BCUT2D eigenvalue weighted by atomic mass is 35.5. The zero-order valence-electron chi connectivity index (χ0n) is 9.58. The first-order valence-electron chi connectivity index (χ1n) is 5.22. The van der Waals surface area contributed by atoms with Crippen LogP contribution in [0.5, 0.6) is 0 Å². The molecule has 0 amide bonds. The molecule has 0 radical (unpaired) electrons. The molecular formula is C11H6Cl4O5. The topological polar surface area (TPSA) is 76.1 Å². The quantitative estimate of drug-likeness (QED) is 0.385. The summed E-state index contributed by atoms with van der Waals surface area (Å²) in [5, 5.41) is 8.01. The van der Waals surface area contributed by atoms with Crippen LogP contribution in [0.3, 0.4) is 0 Å². The minimum Gasteiger partial charge on any atom is -0.478 e. The van der Waals surface area contributed by atoms with Crippen molar-refractivity contribution in [1.29, 1.82) is 0 Å². The summed E-state index contributed by atoms with van der Waals surface area (Å²) in [5.74, 6) is -2.42. The molecule has 20 heavy (non-hydrogen) atoms. The molecule has 1 aromatic carbocycles. The minimum absolute atomic E-state index is 0.00785. The molecule has 1 N–H and O–H groups in total. The normalized spacial score (nSPS) is 16.9. The second kappa shape index (κ2) is 5.95. The van der Waals surface area contributed by atoms with Crippen LogP contribution >= 0.6 is 46.4 Å². The van der Waals surface area contributed by atoms with Gasteiger partial charge in [-0.1, -0.05) is 46.4 Å². The SMILES string of the molecule is O=C(O)c1c(Cl)c(Cl)c(Cl)c(Cl)c1C(=O)OCC1CO1. The molecule has 1 aliphatic rings. The van der Waals surface area contributed by atoms with E-state index >= 15 is 0 Å². The van der Waals surface area contributed by atoms with Gasteiger partial charge in [0.2, 0.25) is 0 Å². The van der Waals surface area contributed by atoms with E-state index in [1.807, 2.05) is 0 Å². The lowest BCUT2D eigenvalue weighted by Crippen LogP contribution is -2.16. The van der Waals surface area contributed by atoms with E-state index in [0.717, 1.165) is 0 Å². The number of hydrogen-bond donors (Lipinski definition) is 1. The summed E-state index contributed by atoms with van der Waals surface area (Å²) in [4.78, 5) is 23.2. The molecule has 0 saturated carbocycles. The van der Waals surface area contributed by atoms with Crippen molar-refractivity contribution in [3.05, 3.63) is 31.2 Å². The van der Waals surface area contributed by atoms with E-state index in [0.29, 0.717) is 6.61 Å². The molecule has 1 fully saturated rings. The van der Waals surface area contributed by atoms with Crippen molar-refractivity contribution in [2.45, 2.75) is 6.10 Å². The van der Waals surface area contributed by atoms with Gasteiger partial charge in [-0.25, -0.2) is 9.59 Å². The molecule has 0 spiro atoms. The maximum atomic E-state index is 12.0. The van der Waals surface area contributed by atoms with E-state index in [1.165, 1.54) is 0 Å². The number of epoxide rings is 1. The van der Waals surface area contributed by atoms with E-state index < -0.39 is 23.1 Å². The standard InChI is InChI=1S/C11H6Cl4O5/c12-6-4(10(16)17)5(7(13)9(15)8(6)14)11(18)20-2-3-1-19-3/h3H,1-2H2,(H,16,17). The molecule has 1 aromatic rings. The predicted octanol–water partition coefficient (Wildman–Crippen LogP) is 3.55. The van der Waals surface area contributed by atoms with Gasteiger partial charge in [-0.15, -0.1) is 0 Å². The summed E-state index contributed by atoms with van der Waals surface area (Å²) < 4.78 is 9.77. The van der Waals surface area contributed by atoms with Crippen LogP contribution in [0.2, 0.25) is 20.1 Å². The highest BCUT2D eigenvalue weighted by Crippen LogP contribution is 2.41. The molecule has 1 unspecified atom stereocenters. The number of esters is 1. The lowest BCUT2D eigenvalue weighted by Gasteiger charge is -2.12. The van der Waals surface area contributed by atoms with Crippen LogP contribution in [0.15, 0.2) is 0 Å². The third-order valence-electron chi connectivity index (χ3n) is 2.49. The number of aromatic carboxylic acids is 1. The molecule has 2 rings (SSSR count). The van der Waals surface area contributed by atoms with Crippen LogP contribution in [0.4, 0.5) is 0 Å². The van der Waals surface area contributed by atoms with Gasteiger partial charge in [0.25, 0.3) is 0 Å². The fraction of sp³-hybridized carbons (Fsp3) is 0.273. The van der Waals surface area contributed by atoms with Gasteiger partial charge in [0.1, 0.15) is 12.7 Å². The molecule has 5 nitrogen and oxygen atoms in total. The number of halogens is 4. The maximum absolute atomic E-state index is 12.0. The van der Waals surface area contributed by atoms with Crippen LogP contribution in [-0.4, -0.2) is 36.4 Å². The highest BCUT2D eigenvalue weighted by molar-refractivity contribution is 6.54. The minimum atomic E-state index is -1.47. The summed E-state index contributed by atoms with van der Waals surface area (Å²) >= 11 is 23.2. The van der Waals surface area contributed by atoms with Crippen molar-refractivity contribution in [2.75, 3.05) is 13.2 Å². The Labute approximate surface area is 133 Å². The number of hydrogen-bond acceptors (Lipinski definition) is 4. The highest BCUT2D eigenvalue weighted by Gasteiger charge is 2.31. The maximum Gasteiger partial charge on any atom is 0.340 e. The molecule has 0 aromatic heterocycles. The second-order valence-electron chi connectivity index (χ2n) is 3.86. The van der Waals surface area contributed by atoms with Crippen molar-refractivity contribution in [2.24, 2.45) is 0 Å². The zero-order chi connectivity index (χ0) is 15.0. The van der Waals surface area contributed by atoms with E-state index in [9.17, 15) is 9.59 Å². The van der Waals surface area contributed by atoms with E-state index in [4.69, 9.17) is 61.0 Å². The van der Waals surface area contributed by atoms with Crippen molar-refractivity contribution in [3.8, 4) is 0 Å². The van der Waals surface area contributed by atoms with Gasteiger partial charge >= 0.3 is 11.9 Å². The number of benzene rings is 1. The van der Waals surface area contributed by atoms with Crippen molar-refractivity contribution in [3.63, 3.8) is 0 Å². The molecule has 1 aliphatic heterocycles. The van der Waals surface area contributed by atoms with Crippen LogP contribution in [0.1, 0.15) is 20.7 Å². The van der Waals surface area contributed by atoms with Gasteiger partial charge < -0.3 is 14.6 Å². The molecule has 1 saturated heterocycles. The number of rotatable bonds is 4. The van der Waals surface area contributed by atoms with Gasteiger partial charge in [-0.05, 0) is 0 Å². The average Bonchev–Trinajstić information content (AvgIpc) is 3.21. The third kappa shape index (κ3) is 2.97. The molecule has 1 heterocycles. The molecule has 1 atom stereocenters. The Balaban J connectivity index is 2.48. The van der Waals surface area contributed by atoms with E-state index in [-0.39, 0.29) is 32.8 Å². The molecular weight excluding hydrogens is 354 g/mol. The summed E-state index contributed by atoms with van der Waals surface area (Å²) in [7, 11) is 0. The second-order valence-corrected chi connectivity index (χ2v) is 5.38. The Hall–Kier alpha value is -0.720. The fourth-order valence-corrected chi connectivity index (χ4v) is 2.44. The Bertz CT molecular complexity index is 597. The first kappa shape index (κ1) is 15.7. The number of ether oxygens (including phenoxy) is 2. The third-order valence-corrected chi connectivity index (χ3v) is 4.29. The lowest BCUT2D eigenvalue weighted by atomic mass is 10.1. The molecule has 0 aliphatic carbocycles. The lowest BCUT2D eigenvalue weighted by molar-refractivity contribution is 0.0468. The van der Waals surface area contributed by atoms with Crippen molar-refractivity contribution in [1.82, 2.24) is 0 Å². The molecule has 9 heteroatoms. The Morgan fingerprint density at radius 2 is 1.60 bits per heavy atom. The Kier molecular flexibility index (Phi) is 4.66. The first-order valence-corrected chi connectivity index (χ1v) is 6.73. The monoisotopic (exact) mass is 358 g/mol. The summed E-state index contributed by atoms with van der Waals surface area (Å²) in [5.41, 5.74) is -0.980. The van der Waals surface area contributed by atoms with Crippen molar-refractivity contribution < 1.29 is 24.2 Å². The predicted molar refractivity (Wildman–Crippen MR) is 73.5 cm³/mol. The molecule has 108 valence electrons. The number of carboxylic acids is 1. The number of carboxylic acid groups (broad SMARTS) is 1. The van der Waals surface area contributed by atoms with E-state index in [1.54, 1.807) is 0 Å².